The molecule has 0 aromatic heterocycles. The summed E-state index contributed by atoms with van der Waals surface area (Å²) >= 11 is 0. The summed E-state index contributed by atoms with van der Waals surface area (Å²) in [5.74, 6) is 0.0478. The first kappa shape index (κ1) is 16.6. The van der Waals surface area contributed by atoms with Gasteiger partial charge in [-0.25, -0.2) is 0 Å². The normalized spacial score (nSPS) is 17.7. The SMILES string of the molecule is CCCC(C)(Oc1ccc(C(F)(F)F)cc1)C(=O)NC1CC1. The summed E-state index contributed by atoms with van der Waals surface area (Å²) in [6.45, 7) is 3.60. The van der Waals surface area contributed by atoms with Crippen LogP contribution in [-0.4, -0.2) is 17.6 Å². The van der Waals surface area contributed by atoms with Crippen LogP contribution in [0.5, 0.6) is 5.75 Å². The molecule has 0 bridgehead atoms. The fourth-order valence-corrected chi connectivity index (χ4v) is 2.23. The Hall–Kier alpha value is -1.72. The monoisotopic (exact) mass is 315 g/mol. The van der Waals surface area contributed by atoms with Gasteiger partial charge in [0.25, 0.3) is 5.91 Å². The van der Waals surface area contributed by atoms with Crippen LogP contribution >= 0.6 is 0 Å². The summed E-state index contributed by atoms with van der Waals surface area (Å²) < 4.78 is 43.4. The third-order valence-electron chi connectivity index (χ3n) is 3.64. The average Bonchev–Trinajstić information content (AvgIpc) is 3.22. The molecule has 1 aliphatic carbocycles. The largest absolute Gasteiger partial charge is 0.478 e. The molecule has 3 nitrogen and oxygen atoms in total. The fraction of sp³-hybridized carbons (Fsp3) is 0.562. The van der Waals surface area contributed by atoms with Gasteiger partial charge in [-0.1, -0.05) is 13.3 Å². The van der Waals surface area contributed by atoms with Crippen LogP contribution in [0.3, 0.4) is 0 Å². The molecule has 22 heavy (non-hydrogen) atoms. The summed E-state index contributed by atoms with van der Waals surface area (Å²) in [6.07, 6.45) is -1.22. The van der Waals surface area contributed by atoms with Gasteiger partial charge < -0.3 is 10.1 Å². The first-order valence-corrected chi connectivity index (χ1v) is 7.42. The number of hydrogen-bond donors (Lipinski definition) is 1. The quantitative estimate of drug-likeness (QED) is 0.864. The van der Waals surface area contributed by atoms with E-state index in [2.05, 4.69) is 5.32 Å². The van der Waals surface area contributed by atoms with Crippen LogP contribution in [0, 0.1) is 0 Å². The second-order valence-electron chi connectivity index (χ2n) is 5.85. The molecule has 1 amide bonds. The van der Waals surface area contributed by atoms with Crippen LogP contribution in [0.1, 0.15) is 45.1 Å². The van der Waals surface area contributed by atoms with Gasteiger partial charge in [0.05, 0.1) is 5.56 Å². The van der Waals surface area contributed by atoms with Crippen molar-refractivity contribution in [2.45, 2.75) is 57.3 Å². The lowest BCUT2D eigenvalue weighted by Gasteiger charge is -2.29. The van der Waals surface area contributed by atoms with Gasteiger partial charge in [0.15, 0.2) is 5.60 Å². The molecular formula is C16H20F3NO2. The van der Waals surface area contributed by atoms with Crippen molar-refractivity contribution in [3.05, 3.63) is 29.8 Å². The van der Waals surface area contributed by atoms with E-state index in [1.165, 1.54) is 12.1 Å². The predicted molar refractivity (Wildman–Crippen MR) is 76.5 cm³/mol. The molecule has 122 valence electrons. The van der Waals surface area contributed by atoms with Gasteiger partial charge in [-0.05, 0) is 50.5 Å². The molecule has 0 spiro atoms. The van der Waals surface area contributed by atoms with Gasteiger partial charge in [-0.15, -0.1) is 0 Å². The Morgan fingerprint density at radius 1 is 1.27 bits per heavy atom. The summed E-state index contributed by atoms with van der Waals surface area (Å²) in [4.78, 5) is 12.3. The van der Waals surface area contributed by atoms with Crippen molar-refractivity contribution in [1.29, 1.82) is 0 Å². The van der Waals surface area contributed by atoms with E-state index in [1.54, 1.807) is 6.92 Å². The van der Waals surface area contributed by atoms with Gasteiger partial charge in [-0.2, -0.15) is 13.2 Å². The molecular weight excluding hydrogens is 295 g/mol. The van der Waals surface area contributed by atoms with Crippen LogP contribution in [0.25, 0.3) is 0 Å². The minimum Gasteiger partial charge on any atom is -0.478 e. The van der Waals surface area contributed by atoms with Gasteiger partial charge in [-0.3, -0.25) is 4.79 Å². The Morgan fingerprint density at radius 3 is 2.32 bits per heavy atom. The van der Waals surface area contributed by atoms with Crippen molar-refractivity contribution >= 4 is 5.91 Å². The number of alkyl halides is 3. The summed E-state index contributed by atoms with van der Waals surface area (Å²) in [6, 6.07) is 4.63. The number of rotatable bonds is 6. The molecule has 1 atom stereocenters. The summed E-state index contributed by atoms with van der Waals surface area (Å²) in [7, 11) is 0. The molecule has 1 unspecified atom stereocenters. The zero-order valence-corrected chi connectivity index (χ0v) is 12.7. The highest BCUT2D eigenvalue weighted by Gasteiger charge is 2.38. The maximum absolute atomic E-state index is 12.6. The van der Waals surface area contributed by atoms with Crippen molar-refractivity contribution in [2.24, 2.45) is 0 Å². The number of ether oxygens (including phenoxy) is 1. The molecule has 0 heterocycles. The van der Waals surface area contributed by atoms with Crippen molar-refractivity contribution < 1.29 is 22.7 Å². The minimum absolute atomic E-state index is 0.208. The van der Waals surface area contributed by atoms with Gasteiger partial charge in [0.1, 0.15) is 5.75 Å². The number of halogens is 3. The minimum atomic E-state index is -4.38. The van der Waals surface area contributed by atoms with Crippen LogP contribution < -0.4 is 10.1 Å². The lowest BCUT2D eigenvalue weighted by molar-refractivity contribution is -0.138. The van der Waals surface area contributed by atoms with E-state index in [0.29, 0.717) is 6.42 Å². The Kier molecular flexibility index (Phi) is 4.68. The molecule has 1 aromatic rings. The lowest BCUT2D eigenvalue weighted by atomic mass is 9.99. The van der Waals surface area contributed by atoms with Crippen LogP contribution in [0.2, 0.25) is 0 Å². The maximum atomic E-state index is 12.6. The molecule has 6 heteroatoms. The maximum Gasteiger partial charge on any atom is 0.416 e. The number of nitrogens with one attached hydrogen (secondary N) is 1. The molecule has 2 rings (SSSR count). The van der Waals surface area contributed by atoms with Crippen molar-refractivity contribution in [1.82, 2.24) is 5.32 Å². The second-order valence-corrected chi connectivity index (χ2v) is 5.85. The molecule has 1 aliphatic rings. The van der Waals surface area contributed by atoms with Crippen molar-refractivity contribution in [2.75, 3.05) is 0 Å². The predicted octanol–water partition coefficient (Wildman–Crippen LogP) is 3.92. The van der Waals surface area contributed by atoms with E-state index in [1.807, 2.05) is 6.92 Å². The molecule has 1 N–H and O–H groups in total. The zero-order chi connectivity index (χ0) is 16.4. The van der Waals surface area contributed by atoms with Crippen LogP contribution in [0.4, 0.5) is 13.2 Å². The smallest absolute Gasteiger partial charge is 0.416 e. The van der Waals surface area contributed by atoms with E-state index in [9.17, 15) is 18.0 Å². The summed E-state index contributed by atoms with van der Waals surface area (Å²) in [5.41, 5.74) is -1.81. The van der Waals surface area contributed by atoms with Gasteiger partial charge in [0, 0.05) is 6.04 Å². The number of carbonyl (C=O) groups is 1. The van der Waals surface area contributed by atoms with E-state index >= 15 is 0 Å². The van der Waals surface area contributed by atoms with E-state index in [-0.39, 0.29) is 17.7 Å². The molecule has 1 saturated carbocycles. The molecule has 0 radical (unpaired) electrons. The van der Waals surface area contributed by atoms with Crippen LogP contribution in [0.15, 0.2) is 24.3 Å². The van der Waals surface area contributed by atoms with Crippen molar-refractivity contribution in [3.63, 3.8) is 0 Å². The van der Waals surface area contributed by atoms with E-state index in [4.69, 9.17) is 4.74 Å². The number of hydrogen-bond acceptors (Lipinski definition) is 2. The third kappa shape index (κ3) is 4.15. The Morgan fingerprint density at radius 2 is 1.86 bits per heavy atom. The fourth-order valence-electron chi connectivity index (χ4n) is 2.23. The lowest BCUT2D eigenvalue weighted by Crippen LogP contribution is -2.49. The third-order valence-corrected chi connectivity index (χ3v) is 3.64. The number of carbonyl (C=O) groups excluding carboxylic acids is 1. The second kappa shape index (κ2) is 6.18. The highest BCUT2D eigenvalue weighted by Crippen LogP contribution is 2.32. The first-order chi connectivity index (χ1) is 10.2. The Labute approximate surface area is 127 Å². The molecule has 0 saturated heterocycles. The Balaban J connectivity index is 2.10. The highest BCUT2D eigenvalue weighted by atomic mass is 19.4. The number of amides is 1. The zero-order valence-electron chi connectivity index (χ0n) is 12.7. The standard InChI is InChI=1S/C16H20F3NO2/c1-3-10-15(2,14(21)20-12-6-7-12)22-13-8-4-11(5-9-13)16(17,18)19/h4-5,8-9,12H,3,6-7,10H2,1-2H3,(H,20,21). The topological polar surface area (TPSA) is 38.3 Å². The molecule has 0 aliphatic heterocycles. The van der Waals surface area contributed by atoms with E-state index < -0.39 is 17.3 Å². The van der Waals surface area contributed by atoms with Gasteiger partial charge >= 0.3 is 6.18 Å². The Bertz CT molecular complexity index is 523. The van der Waals surface area contributed by atoms with Crippen LogP contribution in [-0.2, 0) is 11.0 Å². The van der Waals surface area contributed by atoms with E-state index in [0.717, 1.165) is 31.4 Å². The molecule has 1 fully saturated rings. The number of benzene rings is 1. The first-order valence-electron chi connectivity index (χ1n) is 7.42. The van der Waals surface area contributed by atoms with Gasteiger partial charge in [0.2, 0.25) is 0 Å². The summed E-state index contributed by atoms with van der Waals surface area (Å²) in [5, 5.41) is 2.89. The van der Waals surface area contributed by atoms with Crippen molar-refractivity contribution in [3.8, 4) is 5.75 Å². The highest BCUT2D eigenvalue weighted by molar-refractivity contribution is 5.85. The molecule has 1 aromatic carbocycles. The average molecular weight is 315 g/mol.